The van der Waals surface area contributed by atoms with E-state index in [1.165, 1.54) is 4.31 Å². The first-order valence-corrected chi connectivity index (χ1v) is 12.7. The molecule has 1 atom stereocenters. The van der Waals surface area contributed by atoms with Crippen LogP contribution in [0.25, 0.3) is 10.9 Å². The van der Waals surface area contributed by atoms with Crippen LogP contribution in [0.5, 0.6) is 5.75 Å². The molecule has 1 saturated heterocycles. The maximum absolute atomic E-state index is 13.2. The fraction of sp³-hybridized carbons (Fsp3) is 0.348. The van der Waals surface area contributed by atoms with E-state index < -0.39 is 16.0 Å². The summed E-state index contributed by atoms with van der Waals surface area (Å²) >= 11 is 12.6. The van der Waals surface area contributed by atoms with E-state index in [9.17, 15) is 18.3 Å². The predicted octanol–water partition coefficient (Wildman–Crippen LogP) is 5.00. The Kier molecular flexibility index (Phi) is 6.64. The molecule has 1 unspecified atom stereocenters. The van der Waals surface area contributed by atoms with Gasteiger partial charge in [-0.25, -0.2) is 8.42 Å². The first-order valence-electron chi connectivity index (χ1n) is 10.5. The van der Waals surface area contributed by atoms with Crippen LogP contribution in [0.4, 0.5) is 0 Å². The Labute approximate surface area is 202 Å². The van der Waals surface area contributed by atoms with Gasteiger partial charge in [0, 0.05) is 35.6 Å². The average Bonchev–Trinajstić information content (AvgIpc) is 3.34. The van der Waals surface area contributed by atoms with Crippen LogP contribution in [-0.4, -0.2) is 47.6 Å². The minimum Gasteiger partial charge on any atom is -0.491 e. The molecular weight excluding hydrogens is 487 g/mol. The lowest BCUT2D eigenvalue weighted by Gasteiger charge is -2.17. The van der Waals surface area contributed by atoms with E-state index in [4.69, 9.17) is 27.9 Å². The quantitative estimate of drug-likeness (QED) is 0.483. The largest absolute Gasteiger partial charge is 0.491 e. The molecule has 1 aliphatic rings. The molecule has 10 heteroatoms. The lowest BCUT2D eigenvalue weighted by atomic mass is 9.98. The standard InChI is InChI=1S/C23H24Cl2N2O5S/c1-14(2)32-17-3-5-18(6-4-17)33(30,31)27-8-7-15(11-27)19-12-26(13-22(28)29)21-10-16(24)9-20(25)23(19)21/h3-6,9-10,12,14-15H,7-8,11,13H2,1-2H3,(H,28,29). The number of hydrogen-bond acceptors (Lipinski definition) is 4. The Bertz CT molecular complexity index is 1300. The van der Waals surface area contributed by atoms with Crippen LogP contribution in [0, 0.1) is 0 Å². The Balaban J connectivity index is 1.63. The number of ether oxygens (including phenoxy) is 1. The van der Waals surface area contributed by atoms with Crippen molar-refractivity contribution in [2.45, 2.75) is 43.7 Å². The number of sulfonamides is 1. The van der Waals surface area contributed by atoms with Crippen molar-refractivity contribution in [1.82, 2.24) is 8.87 Å². The number of aromatic nitrogens is 1. The maximum Gasteiger partial charge on any atom is 0.323 e. The molecule has 2 aromatic carbocycles. The van der Waals surface area contributed by atoms with Gasteiger partial charge in [-0.05, 0) is 62.2 Å². The lowest BCUT2D eigenvalue weighted by Crippen LogP contribution is -2.28. The van der Waals surface area contributed by atoms with Crippen LogP contribution >= 0.6 is 23.2 Å². The number of fused-ring (bicyclic) bond motifs is 1. The number of carboxylic acids is 1. The average molecular weight is 511 g/mol. The van der Waals surface area contributed by atoms with Crippen molar-refractivity contribution in [2.75, 3.05) is 13.1 Å². The van der Waals surface area contributed by atoms with Crippen molar-refractivity contribution < 1.29 is 23.1 Å². The molecule has 1 aromatic heterocycles. The molecule has 1 fully saturated rings. The number of aliphatic carboxylic acids is 1. The Morgan fingerprint density at radius 1 is 1.21 bits per heavy atom. The van der Waals surface area contributed by atoms with E-state index in [0.29, 0.717) is 39.7 Å². The van der Waals surface area contributed by atoms with Gasteiger partial charge >= 0.3 is 5.97 Å². The highest BCUT2D eigenvalue weighted by Crippen LogP contribution is 2.40. The summed E-state index contributed by atoms with van der Waals surface area (Å²) in [5, 5.41) is 10.8. The molecule has 176 valence electrons. The zero-order chi connectivity index (χ0) is 23.9. The van der Waals surface area contributed by atoms with Crippen molar-refractivity contribution in [3.05, 3.63) is 58.2 Å². The van der Waals surface area contributed by atoms with E-state index in [1.807, 2.05) is 13.8 Å². The van der Waals surface area contributed by atoms with Gasteiger partial charge in [0.1, 0.15) is 12.3 Å². The Morgan fingerprint density at radius 2 is 1.91 bits per heavy atom. The van der Waals surface area contributed by atoms with Gasteiger partial charge in [0.25, 0.3) is 0 Å². The Hall–Kier alpha value is -2.26. The maximum atomic E-state index is 13.2. The van der Waals surface area contributed by atoms with Crippen LogP contribution in [0.3, 0.4) is 0 Å². The molecule has 1 N–H and O–H groups in total. The lowest BCUT2D eigenvalue weighted by molar-refractivity contribution is -0.137. The van der Waals surface area contributed by atoms with Gasteiger partial charge in [-0.3, -0.25) is 4.79 Å². The monoisotopic (exact) mass is 510 g/mol. The highest BCUT2D eigenvalue weighted by Gasteiger charge is 2.35. The minimum absolute atomic E-state index is 0.00300. The summed E-state index contributed by atoms with van der Waals surface area (Å²) in [4.78, 5) is 11.6. The highest BCUT2D eigenvalue weighted by molar-refractivity contribution is 7.89. The molecule has 0 radical (unpaired) electrons. The van der Waals surface area contributed by atoms with E-state index in [1.54, 1.807) is 47.2 Å². The molecule has 1 aliphatic heterocycles. The van der Waals surface area contributed by atoms with Crippen molar-refractivity contribution in [3.8, 4) is 5.75 Å². The summed E-state index contributed by atoms with van der Waals surface area (Å²) in [6.45, 7) is 4.20. The summed E-state index contributed by atoms with van der Waals surface area (Å²) in [5.41, 5.74) is 1.44. The van der Waals surface area contributed by atoms with E-state index in [0.717, 1.165) is 5.56 Å². The topological polar surface area (TPSA) is 88.8 Å². The van der Waals surface area contributed by atoms with Crippen LogP contribution in [0.15, 0.2) is 47.5 Å². The number of halogens is 2. The normalized spacial score (nSPS) is 17.2. The van der Waals surface area contributed by atoms with Gasteiger partial charge in [0.15, 0.2) is 0 Å². The second-order valence-corrected chi connectivity index (χ2v) is 11.2. The van der Waals surface area contributed by atoms with Crippen molar-refractivity contribution >= 4 is 50.1 Å². The molecule has 7 nitrogen and oxygen atoms in total. The van der Waals surface area contributed by atoms with Crippen molar-refractivity contribution in [3.63, 3.8) is 0 Å². The molecule has 33 heavy (non-hydrogen) atoms. The van der Waals surface area contributed by atoms with Crippen molar-refractivity contribution in [1.29, 1.82) is 0 Å². The minimum atomic E-state index is -3.68. The zero-order valence-electron chi connectivity index (χ0n) is 18.2. The molecule has 0 spiro atoms. The molecule has 0 amide bonds. The first-order chi connectivity index (χ1) is 15.6. The number of nitrogens with zero attached hydrogens (tertiary/aromatic N) is 2. The van der Waals surface area contributed by atoms with Crippen LogP contribution in [-0.2, 0) is 21.4 Å². The predicted molar refractivity (Wildman–Crippen MR) is 128 cm³/mol. The SMILES string of the molecule is CC(C)Oc1ccc(S(=O)(=O)N2CCC(c3cn(CC(=O)O)c4cc(Cl)cc(Cl)c34)C2)cc1. The van der Waals surface area contributed by atoms with Crippen LogP contribution in [0.2, 0.25) is 10.0 Å². The van der Waals surface area contributed by atoms with Gasteiger partial charge in [-0.15, -0.1) is 0 Å². The van der Waals surface area contributed by atoms with Gasteiger partial charge < -0.3 is 14.4 Å². The third kappa shape index (κ3) is 4.84. The number of carboxylic acid groups (broad SMARTS) is 1. The summed E-state index contributed by atoms with van der Waals surface area (Å²) in [6, 6.07) is 9.71. The van der Waals surface area contributed by atoms with Crippen LogP contribution in [0.1, 0.15) is 31.7 Å². The van der Waals surface area contributed by atoms with Gasteiger partial charge in [0.2, 0.25) is 10.0 Å². The summed E-state index contributed by atoms with van der Waals surface area (Å²) in [7, 11) is -3.68. The molecule has 0 bridgehead atoms. The van der Waals surface area contributed by atoms with E-state index in [2.05, 4.69) is 0 Å². The summed E-state index contributed by atoms with van der Waals surface area (Å²) in [5.74, 6) is -0.502. The summed E-state index contributed by atoms with van der Waals surface area (Å²) < 4.78 is 35.1. The fourth-order valence-electron chi connectivity index (χ4n) is 4.27. The third-order valence-corrected chi connectivity index (χ3v) is 8.05. The van der Waals surface area contributed by atoms with Crippen molar-refractivity contribution in [2.24, 2.45) is 0 Å². The van der Waals surface area contributed by atoms with Gasteiger partial charge in [0.05, 0.1) is 21.5 Å². The molecule has 0 saturated carbocycles. The molecule has 0 aliphatic carbocycles. The third-order valence-electron chi connectivity index (χ3n) is 5.66. The number of carbonyl (C=O) groups is 1. The summed E-state index contributed by atoms with van der Waals surface area (Å²) in [6.07, 6.45) is 2.34. The van der Waals surface area contributed by atoms with Crippen LogP contribution < -0.4 is 4.74 Å². The smallest absolute Gasteiger partial charge is 0.323 e. The van der Waals surface area contributed by atoms with E-state index >= 15 is 0 Å². The highest BCUT2D eigenvalue weighted by atomic mass is 35.5. The van der Waals surface area contributed by atoms with Gasteiger partial charge in [-0.2, -0.15) is 4.31 Å². The van der Waals surface area contributed by atoms with Gasteiger partial charge in [-0.1, -0.05) is 23.2 Å². The zero-order valence-corrected chi connectivity index (χ0v) is 20.5. The number of benzene rings is 2. The molecule has 3 aromatic rings. The second kappa shape index (κ2) is 9.18. The Morgan fingerprint density at radius 3 is 2.55 bits per heavy atom. The molecule has 2 heterocycles. The number of rotatable bonds is 7. The molecule has 4 rings (SSSR count). The number of hydrogen-bond donors (Lipinski definition) is 1. The first kappa shape index (κ1) is 23.9. The second-order valence-electron chi connectivity index (χ2n) is 8.37. The molecular formula is C23H24Cl2N2O5S. The van der Waals surface area contributed by atoms with E-state index in [-0.39, 0.29) is 30.0 Å². The fourth-order valence-corrected chi connectivity index (χ4v) is 6.36.